The number of benzene rings is 1. The lowest BCUT2D eigenvalue weighted by atomic mass is 10.2. The molecule has 0 radical (unpaired) electrons. The van der Waals surface area contributed by atoms with Crippen LogP contribution in [-0.2, 0) is 10.0 Å². The van der Waals surface area contributed by atoms with Crippen LogP contribution in [0.15, 0.2) is 58.9 Å². The number of H-pyrrole nitrogens is 1. The summed E-state index contributed by atoms with van der Waals surface area (Å²) >= 11 is 7.18. The number of rotatable bonds is 5. The van der Waals surface area contributed by atoms with Gasteiger partial charge in [0.2, 0.25) is 10.0 Å². The van der Waals surface area contributed by atoms with Gasteiger partial charge in [0.05, 0.1) is 16.8 Å². The van der Waals surface area contributed by atoms with E-state index in [9.17, 15) is 8.42 Å². The fourth-order valence-corrected chi connectivity index (χ4v) is 4.25. The van der Waals surface area contributed by atoms with Crippen LogP contribution in [0, 0.1) is 0 Å². The Morgan fingerprint density at radius 3 is 2.64 bits per heavy atom. The molecule has 0 amide bonds. The lowest BCUT2D eigenvalue weighted by Gasteiger charge is -2.05. The molecule has 3 aromatic heterocycles. The lowest BCUT2D eigenvalue weighted by molar-refractivity contribution is 0.600. The van der Waals surface area contributed by atoms with Crippen LogP contribution in [0.4, 0.5) is 11.6 Å². The van der Waals surface area contributed by atoms with Crippen molar-refractivity contribution in [3.63, 3.8) is 0 Å². The first-order chi connectivity index (χ1) is 13.4. The Hall–Kier alpha value is -2.79. The van der Waals surface area contributed by atoms with Crippen LogP contribution >= 0.6 is 22.9 Å². The zero-order valence-corrected chi connectivity index (χ0v) is 16.5. The smallest absolute Gasteiger partial charge is 0.247 e. The molecule has 4 rings (SSSR count). The molecule has 0 atom stereocenters. The Bertz CT molecular complexity index is 1240. The summed E-state index contributed by atoms with van der Waals surface area (Å²) in [5, 5.41) is 15.7. The fourth-order valence-electron chi connectivity index (χ4n) is 2.44. The minimum Gasteiger partial charge on any atom is -0.322 e. The fraction of sp³-hybridized carbons (Fsp3) is 0. The van der Waals surface area contributed by atoms with E-state index in [1.54, 1.807) is 6.07 Å². The minimum absolute atomic E-state index is 0.0374. The minimum atomic E-state index is -3.77. The number of sulfonamides is 1. The summed E-state index contributed by atoms with van der Waals surface area (Å²) in [6.07, 6.45) is 1.44. The summed E-state index contributed by atoms with van der Waals surface area (Å²) in [5.41, 5.74) is 1.83. The summed E-state index contributed by atoms with van der Waals surface area (Å²) in [6.45, 7) is 0. The number of hydrogen-bond acceptors (Lipinski definition) is 7. The second kappa shape index (κ2) is 7.32. The SMILES string of the molecule is NS(=O)(=O)c1ccc(-c2ncc(Cl)c(Nc3cc(-c4ccccc4)[nH]n3)n2)s1. The van der Waals surface area contributed by atoms with Crippen molar-refractivity contribution < 1.29 is 8.42 Å². The molecule has 0 aliphatic carbocycles. The Labute approximate surface area is 169 Å². The van der Waals surface area contributed by atoms with Crippen molar-refractivity contribution in [3.8, 4) is 22.0 Å². The van der Waals surface area contributed by atoms with Gasteiger partial charge in [-0.05, 0) is 17.7 Å². The highest BCUT2D eigenvalue weighted by Crippen LogP contribution is 2.31. The second-order valence-corrected chi connectivity index (χ2v) is 8.99. The molecule has 4 N–H and O–H groups in total. The molecule has 11 heteroatoms. The van der Waals surface area contributed by atoms with E-state index in [1.165, 1.54) is 12.3 Å². The van der Waals surface area contributed by atoms with Gasteiger partial charge in [0, 0.05) is 6.07 Å². The maximum absolute atomic E-state index is 11.5. The van der Waals surface area contributed by atoms with Crippen LogP contribution in [0.1, 0.15) is 0 Å². The van der Waals surface area contributed by atoms with E-state index in [-0.39, 0.29) is 4.21 Å². The monoisotopic (exact) mass is 432 g/mol. The zero-order chi connectivity index (χ0) is 19.7. The Kier molecular flexibility index (Phi) is 4.85. The summed E-state index contributed by atoms with van der Waals surface area (Å²) in [5.74, 6) is 1.20. The van der Waals surface area contributed by atoms with Crippen LogP contribution in [0.25, 0.3) is 22.0 Å². The number of thiophene rings is 1. The Balaban J connectivity index is 1.62. The molecule has 0 saturated carbocycles. The van der Waals surface area contributed by atoms with Crippen LogP contribution in [0.2, 0.25) is 5.02 Å². The molecule has 0 aliphatic heterocycles. The molecule has 8 nitrogen and oxygen atoms in total. The van der Waals surface area contributed by atoms with Crippen molar-refractivity contribution in [1.29, 1.82) is 0 Å². The van der Waals surface area contributed by atoms with E-state index < -0.39 is 10.0 Å². The summed E-state index contributed by atoms with van der Waals surface area (Å²) in [6, 6.07) is 14.6. The summed E-state index contributed by atoms with van der Waals surface area (Å²) < 4.78 is 23.0. The maximum Gasteiger partial charge on any atom is 0.247 e. The Morgan fingerprint density at radius 1 is 1.14 bits per heavy atom. The van der Waals surface area contributed by atoms with E-state index in [0.29, 0.717) is 27.4 Å². The van der Waals surface area contributed by atoms with Crippen molar-refractivity contribution in [3.05, 3.63) is 59.8 Å². The van der Waals surface area contributed by atoms with Crippen LogP contribution in [0.3, 0.4) is 0 Å². The van der Waals surface area contributed by atoms with Gasteiger partial charge in [0.25, 0.3) is 0 Å². The van der Waals surface area contributed by atoms with Crippen molar-refractivity contribution in [2.24, 2.45) is 5.14 Å². The molecule has 142 valence electrons. The quantitative estimate of drug-likeness (QED) is 0.442. The molecule has 0 unspecified atom stereocenters. The van der Waals surface area contributed by atoms with Gasteiger partial charge in [-0.25, -0.2) is 23.5 Å². The third-order valence-electron chi connectivity index (χ3n) is 3.74. The van der Waals surface area contributed by atoms with Crippen LogP contribution < -0.4 is 10.5 Å². The molecule has 28 heavy (non-hydrogen) atoms. The molecule has 3 heterocycles. The van der Waals surface area contributed by atoms with E-state index in [2.05, 4.69) is 25.5 Å². The predicted molar refractivity (Wildman–Crippen MR) is 109 cm³/mol. The highest BCUT2D eigenvalue weighted by Gasteiger charge is 2.15. The van der Waals surface area contributed by atoms with Gasteiger partial charge in [0.1, 0.15) is 9.23 Å². The molecule has 0 spiro atoms. The van der Waals surface area contributed by atoms with Gasteiger partial charge < -0.3 is 5.32 Å². The van der Waals surface area contributed by atoms with Crippen molar-refractivity contribution in [2.75, 3.05) is 5.32 Å². The summed E-state index contributed by atoms with van der Waals surface area (Å²) in [4.78, 5) is 9.10. The topological polar surface area (TPSA) is 127 Å². The molecule has 4 aromatic rings. The number of anilines is 2. The van der Waals surface area contributed by atoms with Gasteiger partial charge >= 0.3 is 0 Å². The predicted octanol–water partition coefficient (Wildman–Crippen LogP) is 3.64. The number of nitrogens with two attached hydrogens (primary N) is 1. The molecule has 1 aromatic carbocycles. The van der Waals surface area contributed by atoms with Crippen LogP contribution in [-0.4, -0.2) is 28.6 Å². The molecule has 0 bridgehead atoms. The number of aromatic nitrogens is 4. The number of halogens is 1. The first-order valence-corrected chi connectivity index (χ1v) is 10.7. The first kappa shape index (κ1) is 18.6. The number of hydrogen-bond donors (Lipinski definition) is 3. The first-order valence-electron chi connectivity index (χ1n) is 7.93. The van der Waals surface area contributed by atoms with E-state index in [1.807, 2.05) is 36.4 Å². The third-order valence-corrected chi connectivity index (χ3v) is 6.53. The highest BCUT2D eigenvalue weighted by molar-refractivity contribution is 7.91. The van der Waals surface area contributed by atoms with Crippen LogP contribution in [0.5, 0.6) is 0 Å². The van der Waals surface area contributed by atoms with Gasteiger partial charge in [0.15, 0.2) is 17.5 Å². The van der Waals surface area contributed by atoms with Gasteiger partial charge in [-0.3, -0.25) is 5.10 Å². The van der Waals surface area contributed by atoms with E-state index in [0.717, 1.165) is 22.6 Å². The third kappa shape index (κ3) is 3.90. The highest BCUT2D eigenvalue weighted by atomic mass is 35.5. The largest absolute Gasteiger partial charge is 0.322 e. The standard InChI is InChI=1S/C17H13ClN6O2S2/c18-11-9-20-17(13-6-7-15(27-13)28(19,25)26)22-16(11)21-14-8-12(23-24-14)10-4-2-1-3-5-10/h1-9H,(H2,19,25,26)(H2,20,21,22,23,24). The normalized spacial score (nSPS) is 11.5. The van der Waals surface area contributed by atoms with Gasteiger partial charge in [-0.15, -0.1) is 11.3 Å². The molecule has 0 saturated heterocycles. The maximum atomic E-state index is 11.5. The number of nitrogens with zero attached hydrogens (tertiary/aromatic N) is 3. The number of aromatic amines is 1. The summed E-state index contributed by atoms with van der Waals surface area (Å²) in [7, 11) is -3.77. The number of primary sulfonamides is 1. The second-order valence-electron chi connectivity index (χ2n) is 5.71. The average Bonchev–Trinajstić information content (AvgIpc) is 3.34. The van der Waals surface area contributed by atoms with Gasteiger partial charge in [-0.1, -0.05) is 41.9 Å². The Morgan fingerprint density at radius 2 is 1.93 bits per heavy atom. The van der Waals surface area contributed by atoms with E-state index in [4.69, 9.17) is 16.7 Å². The number of nitrogens with one attached hydrogen (secondary N) is 2. The molecule has 0 aliphatic rings. The molecular formula is C17H13ClN6O2S2. The molecule has 0 fully saturated rings. The van der Waals surface area contributed by atoms with Crippen molar-refractivity contribution in [1.82, 2.24) is 20.2 Å². The van der Waals surface area contributed by atoms with E-state index >= 15 is 0 Å². The average molecular weight is 433 g/mol. The zero-order valence-electron chi connectivity index (χ0n) is 14.1. The van der Waals surface area contributed by atoms with Gasteiger partial charge in [-0.2, -0.15) is 5.10 Å². The molecular weight excluding hydrogens is 420 g/mol. The lowest BCUT2D eigenvalue weighted by Crippen LogP contribution is -2.09. The van der Waals surface area contributed by atoms with Crippen molar-refractivity contribution in [2.45, 2.75) is 4.21 Å². The van der Waals surface area contributed by atoms with Crippen molar-refractivity contribution >= 4 is 44.6 Å².